The Morgan fingerprint density at radius 1 is 1.24 bits per heavy atom. The first-order chi connectivity index (χ1) is 12.0. The summed E-state index contributed by atoms with van der Waals surface area (Å²) in [6.45, 7) is 2.94. The van der Waals surface area contributed by atoms with Gasteiger partial charge in [0.15, 0.2) is 23.6 Å². The number of ether oxygens (including phenoxy) is 2. The molecule has 2 aromatic rings. The van der Waals surface area contributed by atoms with Gasteiger partial charge in [0.05, 0.1) is 7.05 Å². The molecule has 0 spiro atoms. The van der Waals surface area contributed by atoms with Gasteiger partial charge >= 0.3 is 0 Å². The zero-order valence-electron chi connectivity index (χ0n) is 14.3. The predicted molar refractivity (Wildman–Crippen MR) is 92.6 cm³/mol. The molecule has 132 valence electrons. The first kappa shape index (κ1) is 17.2. The Morgan fingerprint density at radius 2 is 1.92 bits per heavy atom. The van der Waals surface area contributed by atoms with E-state index in [1.807, 2.05) is 38.2 Å². The third-order valence-corrected chi connectivity index (χ3v) is 4.36. The molecule has 3 rings (SSSR count). The highest BCUT2D eigenvalue weighted by Crippen LogP contribution is 2.30. The van der Waals surface area contributed by atoms with Crippen LogP contribution in [-0.4, -0.2) is 38.3 Å². The molecule has 1 aliphatic rings. The number of nitrogens with one attached hydrogen (secondary N) is 2. The number of carbonyl (C=O) groups is 1. The Labute approximate surface area is 146 Å². The molecular weight excluding hydrogens is 323 g/mol. The second-order valence-corrected chi connectivity index (χ2v) is 6.27. The van der Waals surface area contributed by atoms with Crippen molar-refractivity contribution < 1.29 is 23.6 Å². The Kier molecular flexibility index (Phi) is 5.19. The average molecular weight is 345 g/mol. The highest BCUT2D eigenvalue weighted by Gasteiger charge is 2.28. The van der Waals surface area contributed by atoms with E-state index >= 15 is 0 Å². The molecule has 0 aromatic heterocycles. The van der Waals surface area contributed by atoms with Gasteiger partial charge in [0.1, 0.15) is 19.0 Å². The number of anilines is 1. The van der Waals surface area contributed by atoms with Gasteiger partial charge in [-0.25, -0.2) is 4.39 Å². The van der Waals surface area contributed by atoms with Crippen LogP contribution in [0.1, 0.15) is 6.92 Å². The number of rotatable bonds is 5. The zero-order chi connectivity index (χ0) is 17.8. The molecule has 0 saturated heterocycles. The van der Waals surface area contributed by atoms with Crippen molar-refractivity contribution in [1.29, 1.82) is 0 Å². The van der Waals surface area contributed by atoms with Crippen LogP contribution in [0.15, 0.2) is 48.5 Å². The Balaban J connectivity index is 1.54. The smallest absolute Gasteiger partial charge is 0.282 e. The van der Waals surface area contributed by atoms with Crippen LogP contribution in [0.4, 0.5) is 10.1 Å². The minimum absolute atomic E-state index is 0.115. The van der Waals surface area contributed by atoms with Crippen molar-refractivity contribution in [2.45, 2.75) is 19.1 Å². The van der Waals surface area contributed by atoms with Crippen molar-refractivity contribution in [3.8, 4) is 11.5 Å². The molecule has 25 heavy (non-hydrogen) atoms. The summed E-state index contributed by atoms with van der Waals surface area (Å²) in [4.78, 5) is 13.4. The van der Waals surface area contributed by atoms with Gasteiger partial charge in [-0.1, -0.05) is 12.1 Å². The number of amides is 1. The van der Waals surface area contributed by atoms with Gasteiger partial charge in [0, 0.05) is 5.69 Å². The lowest BCUT2D eigenvalue weighted by Crippen LogP contribution is -3.15. The fourth-order valence-corrected chi connectivity index (χ4v) is 2.71. The van der Waals surface area contributed by atoms with Gasteiger partial charge in [-0.3, -0.25) is 4.79 Å². The summed E-state index contributed by atoms with van der Waals surface area (Å²) >= 11 is 0. The van der Waals surface area contributed by atoms with Gasteiger partial charge in [-0.05, 0) is 43.3 Å². The summed E-state index contributed by atoms with van der Waals surface area (Å²) in [5.41, 5.74) is 0.581. The second kappa shape index (κ2) is 7.53. The lowest BCUT2D eigenvalue weighted by molar-refractivity contribution is -0.896. The zero-order valence-corrected chi connectivity index (χ0v) is 14.3. The van der Waals surface area contributed by atoms with Crippen LogP contribution in [0, 0.1) is 5.82 Å². The van der Waals surface area contributed by atoms with Crippen molar-refractivity contribution in [3.63, 3.8) is 0 Å². The normalized spacial score (nSPS) is 18.3. The molecule has 0 radical (unpaired) electrons. The van der Waals surface area contributed by atoms with Gasteiger partial charge in [-0.2, -0.15) is 0 Å². The number of carbonyl (C=O) groups excluding carboxylic acids is 1. The molecular formula is C19H22FN2O3+. The molecule has 0 bridgehead atoms. The number of fused-ring (bicyclic) bond motifs is 1. The average Bonchev–Trinajstić information content (AvgIpc) is 2.62. The van der Waals surface area contributed by atoms with Crippen molar-refractivity contribution in [1.82, 2.24) is 0 Å². The van der Waals surface area contributed by atoms with Crippen LogP contribution in [0.2, 0.25) is 0 Å². The van der Waals surface area contributed by atoms with E-state index in [2.05, 4.69) is 5.32 Å². The maximum Gasteiger partial charge on any atom is 0.282 e. The molecule has 2 aromatic carbocycles. The number of quaternary nitrogens is 1. The van der Waals surface area contributed by atoms with E-state index in [4.69, 9.17) is 9.47 Å². The number of halogens is 1. The minimum Gasteiger partial charge on any atom is -0.486 e. The minimum atomic E-state index is -0.330. The summed E-state index contributed by atoms with van der Waals surface area (Å²) in [7, 11) is 1.94. The van der Waals surface area contributed by atoms with Gasteiger partial charge in [0.25, 0.3) is 5.91 Å². The van der Waals surface area contributed by atoms with E-state index in [1.165, 1.54) is 12.1 Å². The fraction of sp³-hybridized carbons (Fsp3) is 0.316. The van der Waals surface area contributed by atoms with E-state index in [0.717, 1.165) is 16.4 Å². The summed E-state index contributed by atoms with van der Waals surface area (Å²) < 4.78 is 24.6. The number of para-hydroxylation sites is 2. The second-order valence-electron chi connectivity index (χ2n) is 6.27. The third-order valence-electron chi connectivity index (χ3n) is 4.36. The highest BCUT2D eigenvalue weighted by molar-refractivity contribution is 5.93. The molecule has 0 fully saturated rings. The molecule has 3 atom stereocenters. The van der Waals surface area contributed by atoms with Crippen molar-refractivity contribution >= 4 is 11.6 Å². The quantitative estimate of drug-likeness (QED) is 0.864. The lowest BCUT2D eigenvalue weighted by atomic mass is 10.2. The molecule has 2 N–H and O–H groups in total. The summed E-state index contributed by atoms with van der Waals surface area (Å²) in [5, 5.41) is 2.80. The Hall–Kier alpha value is -2.60. The Morgan fingerprint density at radius 3 is 2.64 bits per heavy atom. The van der Waals surface area contributed by atoms with Crippen molar-refractivity contribution in [2.24, 2.45) is 0 Å². The van der Waals surface area contributed by atoms with Gasteiger partial charge in [0.2, 0.25) is 0 Å². The maximum absolute atomic E-state index is 12.9. The van der Waals surface area contributed by atoms with E-state index in [-0.39, 0.29) is 23.9 Å². The topological polar surface area (TPSA) is 52.0 Å². The van der Waals surface area contributed by atoms with Crippen LogP contribution < -0.4 is 19.7 Å². The van der Waals surface area contributed by atoms with Crippen LogP contribution in [0.25, 0.3) is 0 Å². The summed E-state index contributed by atoms with van der Waals surface area (Å²) in [5.74, 6) is 1.03. The van der Waals surface area contributed by atoms with Gasteiger partial charge < -0.3 is 19.7 Å². The highest BCUT2D eigenvalue weighted by atomic mass is 19.1. The fourth-order valence-electron chi connectivity index (χ4n) is 2.71. The van der Waals surface area contributed by atoms with E-state index < -0.39 is 0 Å². The SMILES string of the molecule is C[C@@H](C(=O)Nc1ccc(F)cc1)[NH+](C)C[C@@H]1COc2ccccc2O1. The number of benzene rings is 2. The largest absolute Gasteiger partial charge is 0.486 e. The molecule has 6 heteroatoms. The third kappa shape index (κ3) is 4.28. The summed E-state index contributed by atoms with van der Waals surface area (Å²) in [6.07, 6.45) is -0.115. The maximum atomic E-state index is 12.9. The number of likely N-dealkylation sites (N-methyl/N-ethyl adjacent to an activating group) is 1. The van der Waals surface area contributed by atoms with Crippen LogP contribution in [0.3, 0.4) is 0 Å². The number of hydrogen-bond donors (Lipinski definition) is 2. The van der Waals surface area contributed by atoms with Crippen LogP contribution in [0.5, 0.6) is 11.5 Å². The summed E-state index contributed by atoms with van der Waals surface area (Å²) in [6, 6.07) is 13.0. The van der Waals surface area contributed by atoms with E-state index in [0.29, 0.717) is 18.8 Å². The van der Waals surface area contributed by atoms with Gasteiger partial charge in [-0.15, -0.1) is 0 Å². The molecule has 1 aliphatic heterocycles. The molecule has 0 saturated carbocycles. The van der Waals surface area contributed by atoms with Crippen molar-refractivity contribution in [3.05, 3.63) is 54.3 Å². The molecule has 0 aliphatic carbocycles. The number of hydrogen-bond acceptors (Lipinski definition) is 3. The van der Waals surface area contributed by atoms with E-state index in [9.17, 15) is 9.18 Å². The Bertz CT molecular complexity index is 736. The van der Waals surface area contributed by atoms with Crippen LogP contribution >= 0.6 is 0 Å². The lowest BCUT2D eigenvalue weighted by Gasteiger charge is -2.29. The monoisotopic (exact) mass is 345 g/mol. The van der Waals surface area contributed by atoms with E-state index in [1.54, 1.807) is 12.1 Å². The molecule has 5 nitrogen and oxygen atoms in total. The first-order valence-electron chi connectivity index (χ1n) is 8.30. The molecule has 1 unspecified atom stereocenters. The molecule has 1 amide bonds. The predicted octanol–water partition coefficient (Wildman–Crippen LogP) is 1.51. The van der Waals surface area contributed by atoms with Crippen LogP contribution in [-0.2, 0) is 4.79 Å². The van der Waals surface area contributed by atoms with Crippen molar-refractivity contribution in [2.75, 3.05) is 25.5 Å². The first-order valence-corrected chi connectivity index (χ1v) is 8.30. The standard InChI is InChI=1S/C19H21FN2O3/c1-13(19(23)21-15-9-7-14(20)8-10-15)22(2)11-16-12-24-17-5-3-4-6-18(17)25-16/h3-10,13,16H,11-12H2,1-2H3,(H,21,23)/p+1/t13-,16+/m0/s1. The molecule has 1 heterocycles.